The molecule has 3 aromatic rings. The van der Waals surface area contributed by atoms with Gasteiger partial charge in [0.1, 0.15) is 5.82 Å². The van der Waals surface area contributed by atoms with Crippen molar-refractivity contribution < 1.29 is 67.2 Å². The van der Waals surface area contributed by atoms with Gasteiger partial charge in [-0.1, -0.05) is 23.8 Å². The summed E-state index contributed by atoms with van der Waals surface area (Å²) in [6.45, 7) is 1.47. The van der Waals surface area contributed by atoms with Crippen molar-refractivity contribution in [1.82, 2.24) is 9.55 Å². The first-order valence-corrected chi connectivity index (χ1v) is 10.5. The van der Waals surface area contributed by atoms with Crippen molar-refractivity contribution in [2.24, 2.45) is 0 Å². The Kier molecular flexibility index (Phi) is 10.1. The van der Waals surface area contributed by atoms with Crippen LogP contribution in [0.25, 0.3) is 22.5 Å². The molecule has 0 bridgehead atoms. The summed E-state index contributed by atoms with van der Waals surface area (Å²) in [4.78, 5) is 14.5. The van der Waals surface area contributed by atoms with E-state index in [1.807, 2.05) is 0 Å². The van der Waals surface area contributed by atoms with Crippen LogP contribution in [0, 0.1) is 12.7 Å². The predicted molar refractivity (Wildman–Crippen MR) is 114 cm³/mol. The molecule has 2 aromatic carbocycles. The average Bonchev–Trinajstić information content (AvgIpc) is 3.12. The molecule has 0 aliphatic carbocycles. The minimum atomic E-state index is -4.82. The van der Waals surface area contributed by atoms with E-state index < -0.39 is 42.4 Å². The molecular formula is C24H23F4N2NaO4. The van der Waals surface area contributed by atoms with E-state index in [9.17, 15) is 37.7 Å². The van der Waals surface area contributed by atoms with Gasteiger partial charge in [0.05, 0.1) is 23.6 Å². The quantitative estimate of drug-likeness (QED) is 0.325. The van der Waals surface area contributed by atoms with Gasteiger partial charge in [0.2, 0.25) is 5.82 Å². The largest absolute Gasteiger partial charge is 1.00 e. The van der Waals surface area contributed by atoms with E-state index in [2.05, 4.69) is 4.98 Å². The molecule has 0 fully saturated rings. The monoisotopic (exact) mass is 502 g/mol. The van der Waals surface area contributed by atoms with Crippen molar-refractivity contribution in [3.05, 3.63) is 65.7 Å². The molecule has 0 aliphatic rings. The zero-order valence-corrected chi connectivity index (χ0v) is 21.2. The molecule has 35 heavy (non-hydrogen) atoms. The summed E-state index contributed by atoms with van der Waals surface area (Å²) in [5, 5.41) is 30.5. The van der Waals surface area contributed by atoms with E-state index in [0.717, 1.165) is 22.3 Å². The number of aliphatic hydroxyl groups is 2. The van der Waals surface area contributed by atoms with Crippen molar-refractivity contribution in [2.45, 2.75) is 51.1 Å². The molecule has 3 rings (SSSR count). The van der Waals surface area contributed by atoms with Gasteiger partial charge >= 0.3 is 35.7 Å². The molecule has 11 heteroatoms. The predicted octanol–water partition coefficient (Wildman–Crippen LogP) is 0.329. The summed E-state index contributed by atoms with van der Waals surface area (Å²) in [5.74, 6) is -3.24. The Balaban J connectivity index is 0.00000432. The number of aromatic nitrogens is 2. The number of hydrogen-bond acceptors (Lipinski definition) is 5. The molecule has 1 aromatic heterocycles. The molecule has 0 saturated heterocycles. The molecule has 0 saturated carbocycles. The van der Waals surface area contributed by atoms with Crippen LogP contribution in [0.1, 0.15) is 30.7 Å². The first kappa shape index (κ1) is 29.0. The Hall–Kier alpha value is -2.24. The van der Waals surface area contributed by atoms with Gasteiger partial charge in [-0.15, -0.1) is 0 Å². The van der Waals surface area contributed by atoms with Gasteiger partial charge in [-0.25, -0.2) is 9.37 Å². The summed E-state index contributed by atoms with van der Waals surface area (Å²) in [6.07, 6.45) is -8.72. The Morgan fingerprint density at radius 2 is 1.74 bits per heavy atom. The molecule has 182 valence electrons. The van der Waals surface area contributed by atoms with Crippen molar-refractivity contribution in [3.8, 4) is 22.5 Å². The second-order valence-corrected chi connectivity index (χ2v) is 8.07. The van der Waals surface area contributed by atoms with Crippen molar-refractivity contribution >= 4 is 5.97 Å². The molecule has 1 heterocycles. The van der Waals surface area contributed by atoms with E-state index in [-0.39, 0.29) is 65.9 Å². The van der Waals surface area contributed by atoms with Gasteiger partial charge in [0.25, 0.3) is 0 Å². The first-order chi connectivity index (χ1) is 16.0. The summed E-state index contributed by atoms with van der Waals surface area (Å²) < 4.78 is 56.3. The number of alkyl halides is 3. The van der Waals surface area contributed by atoms with E-state index in [4.69, 9.17) is 0 Å². The first-order valence-electron chi connectivity index (χ1n) is 10.5. The van der Waals surface area contributed by atoms with Gasteiger partial charge in [-0.3, -0.25) is 0 Å². The van der Waals surface area contributed by atoms with Gasteiger partial charge in [0, 0.05) is 30.1 Å². The Bertz CT molecular complexity index is 1150. The standard InChI is InChI=1S/C24H24F4N2O4.Na/c1-14-3-2-4-16(11-14)22-21(15-5-7-17(25)8-6-15)29-23(24(26,27)28)30(22)10-9-18(31)12-19(32)13-20(33)34;/h2-8,11,18-19,31-32H,9-10,12-13H2,1H3,(H,33,34);/q;+1/p-1/t18-,19-;/m1./s1. The maximum atomic E-state index is 14.0. The smallest absolute Gasteiger partial charge is 0.550 e. The molecular weight excluding hydrogens is 479 g/mol. The number of benzene rings is 2. The van der Waals surface area contributed by atoms with Crippen LogP contribution in [-0.4, -0.2) is 37.9 Å². The van der Waals surface area contributed by atoms with Crippen LogP contribution in [0.4, 0.5) is 17.6 Å². The maximum absolute atomic E-state index is 14.0. The van der Waals surface area contributed by atoms with E-state index in [1.165, 1.54) is 12.1 Å². The number of carbonyl (C=O) groups is 1. The Labute approximate surface area is 221 Å². The third-order valence-corrected chi connectivity index (χ3v) is 5.26. The fourth-order valence-corrected chi connectivity index (χ4v) is 3.77. The summed E-state index contributed by atoms with van der Waals surface area (Å²) >= 11 is 0. The molecule has 2 atom stereocenters. The van der Waals surface area contributed by atoms with E-state index >= 15 is 0 Å². The fourth-order valence-electron chi connectivity index (χ4n) is 3.77. The minimum absolute atomic E-state index is 0. The number of rotatable bonds is 9. The number of aryl methyl sites for hydroxylation is 1. The van der Waals surface area contributed by atoms with Crippen molar-refractivity contribution in [3.63, 3.8) is 0 Å². The molecule has 0 unspecified atom stereocenters. The van der Waals surface area contributed by atoms with Crippen molar-refractivity contribution in [2.75, 3.05) is 0 Å². The van der Waals surface area contributed by atoms with Crippen LogP contribution >= 0.6 is 0 Å². The molecule has 0 spiro atoms. The van der Waals surface area contributed by atoms with Gasteiger partial charge in [0.15, 0.2) is 0 Å². The van der Waals surface area contributed by atoms with Crippen molar-refractivity contribution in [1.29, 1.82) is 0 Å². The number of aliphatic hydroxyl groups excluding tert-OH is 2. The van der Waals surface area contributed by atoms with E-state index in [0.29, 0.717) is 5.56 Å². The third kappa shape index (κ3) is 7.62. The Morgan fingerprint density at radius 1 is 1.09 bits per heavy atom. The summed E-state index contributed by atoms with van der Waals surface area (Å²) in [7, 11) is 0. The fraction of sp³-hybridized carbons (Fsp3) is 0.333. The second kappa shape index (κ2) is 12.1. The van der Waals surface area contributed by atoms with Gasteiger partial charge in [-0.2, -0.15) is 13.2 Å². The molecule has 0 aliphatic heterocycles. The molecule has 0 radical (unpaired) electrons. The number of carboxylic acid groups (broad SMARTS) is 1. The van der Waals surface area contributed by atoms with E-state index in [1.54, 1.807) is 31.2 Å². The third-order valence-electron chi connectivity index (χ3n) is 5.26. The normalized spacial score (nSPS) is 13.2. The van der Waals surface area contributed by atoms with Crippen LogP contribution in [0.2, 0.25) is 0 Å². The second-order valence-electron chi connectivity index (χ2n) is 8.07. The van der Waals surface area contributed by atoms with Crippen LogP contribution in [-0.2, 0) is 17.5 Å². The van der Waals surface area contributed by atoms with Crippen LogP contribution in [0.3, 0.4) is 0 Å². The molecule has 0 amide bonds. The minimum Gasteiger partial charge on any atom is -0.550 e. The number of aliphatic carboxylic acids is 1. The van der Waals surface area contributed by atoms with Crippen LogP contribution in [0.5, 0.6) is 0 Å². The number of imidazole rings is 1. The van der Waals surface area contributed by atoms with Crippen LogP contribution in [0.15, 0.2) is 48.5 Å². The maximum Gasteiger partial charge on any atom is 1.00 e. The molecule has 6 nitrogen and oxygen atoms in total. The number of hydrogen-bond donors (Lipinski definition) is 2. The van der Waals surface area contributed by atoms with Gasteiger partial charge in [-0.05, 0) is 50.1 Å². The van der Waals surface area contributed by atoms with Crippen LogP contribution < -0.4 is 34.7 Å². The number of carbonyl (C=O) groups excluding carboxylic acids is 1. The zero-order valence-electron chi connectivity index (χ0n) is 19.2. The topological polar surface area (TPSA) is 98.4 Å². The Morgan fingerprint density at radius 3 is 2.31 bits per heavy atom. The van der Waals surface area contributed by atoms with Gasteiger partial charge < -0.3 is 24.7 Å². The summed E-state index contributed by atoms with van der Waals surface area (Å²) in [6, 6.07) is 11.7. The number of halogens is 4. The average molecular weight is 502 g/mol. The number of carboxylic acids is 1. The SMILES string of the molecule is Cc1cccc(-c2c(-c3ccc(F)cc3)nc(C(F)(F)F)n2CC[C@@H](O)C[C@@H](O)CC(=O)[O-])c1.[Na+]. The zero-order chi connectivity index (χ0) is 25.0. The number of nitrogens with zero attached hydrogens (tertiary/aromatic N) is 2. The summed E-state index contributed by atoms with van der Waals surface area (Å²) in [5.41, 5.74) is 1.68. The molecule has 2 N–H and O–H groups in total.